The monoisotopic (exact) mass is 463 g/mol. The first kappa shape index (κ1) is 23.7. The number of nitrogens with two attached hydrogens (primary N) is 1. The van der Waals surface area contributed by atoms with Crippen LogP contribution in [0.1, 0.15) is 33.4 Å². The number of hydrogen-bond acceptors (Lipinski definition) is 10. The maximum absolute atomic E-state index is 12.7. The zero-order chi connectivity index (χ0) is 22.9. The quantitative estimate of drug-likeness (QED) is 0.170. The summed E-state index contributed by atoms with van der Waals surface area (Å²) in [6, 6.07) is -1.98. The maximum Gasteiger partial charge on any atom is 0.435 e. The molecular formula is C15H22N5O8PS. The van der Waals surface area contributed by atoms with E-state index in [1.54, 1.807) is 0 Å². The summed E-state index contributed by atoms with van der Waals surface area (Å²) in [7, 11) is -4.33. The van der Waals surface area contributed by atoms with Gasteiger partial charge in [0.1, 0.15) is 11.7 Å². The highest BCUT2D eigenvalue weighted by atomic mass is 32.1. The Hall–Kier alpha value is -2.54. The molecule has 3 unspecified atom stereocenters. The van der Waals surface area contributed by atoms with Crippen LogP contribution in [0.2, 0.25) is 0 Å². The Morgan fingerprint density at radius 2 is 2.13 bits per heavy atom. The Morgan fingerprint density at radius 1 is 1.50 bits per heavy atom. The summed E-state index contributed by atoms with van der Waals surface area (Å²) in [5.74, 6) is -3.05. The molecule has 1 saturated heterocycles. The number of thiazole rings is 1. The third kappa shape index (κ3) is 4.78. The average molecular weight is 463 g/mol. The van der Waals surface area contributed by atoms with Crippen LogP contribution in [0.15, 0.2) is 10.5 Å². The van der Waals surface area contributed by atoms with Gasteiger partial charge in [0, 0.05) is 5.38 Å². The van der Waals surface area contributed by atoms with E-state index in [1.165, 1.54) is 33.1 Å². The molecule has 0 radical (unpaired) electrons. The second kappa shape index (κ2) is 8.68. The van der Waals surface area contributed by atoms with E-state index >= 15 is 0 Å². The Kier molecular flexibility index (Phi) is 6.87. The largest absolute Gasteiger partial charge is 0.478 e. The van der Waals surface area contributed by atoms with Gasteiger partial charge in [0.25, 0.3) is 11.8 Å². The highest BCUT2D eigenvalue weighted by Crippen LogP contribution is 2.52. The van der Waals surface area contributed by atoms with E-state index in [2.05, 4.69) is 15.5 Å². The van der Waals surface area contributed by atoms with Crippen molar-refractivity contribution in [3.05, 3.63) is 11.1 Å². The minimum absolute atomic E-state index is 0.00890. The van der Waals surface area contributed by atoms with Crippen LogP contribution in [0.5, 0.6) is 0 Å². The molecule has 2 rings (SSSR count). The third-order valence-corrected chi connectivity index (χ3v) is 6.45. The number of β-lactam (4-membered cyclic amide) rings is 1. The van der Waals surface area contributed by atoms with E-state index in [0.717, 1.165) is 11.3 Å². The van der Waals surface area contributed by atoms with Gasteiger partial charge in [0.15, 0.2) is 10.8 Å². The molecule has 15 heteroatoms. The van der Waals surface area contributed by atoms with Gasteiger partial charge >= 0.3 is 13.7 Å². The van der Waals surface area contributed by atoms with E-state index in [4.69, 9.17) is 20.2 Å². The Morgan fingerprint density at radius 3 is 2.60 bits per heavy atom. The zero-order valence-electron chi connectivity index (χ0n) is 16.6. The minimum Gasteiger partial charge on any atom is -0.478 e. The smallest absolute Gasteiger partial charge is 0.435 e. The van der Waals surface area contributed by atoms with Crippen molar-refractivity contribution < 1.29 is 38.3 Å². The van der Waals surface area contributed by atoms with Gasteiger partial charge in [-0.25, -0.2) is 19.0 Å². The van der Waals surface area contributed by atoms with Crippen molar-refractivity contribution in [2.24, 2.45) is 5.16 Å². The van der Waals surface area contributed by atoms with Crippen LogP contribution in [-0.4, -0.2) is 67.4 Å². The molecule has 0 aliphatic carbocycles. The Labute approximate surface area is 175 Å². The molecule has 1 aliphatic rings. The van der Waals surface area contributed by atoms with Crippen LogP contribution in [0.4, 0.5) is 5.13 Å². The van der Waals surface area contributed by atoms with Crippen molar-refractivity contribution in [2.45, 2.75) is 45.4 Å². The van der Waals surface area contributed by atoms with Crippen LogP contribution < -0.4 is 11.1 Å². The molecule has 1 aliphatic heterocycles. The molecule has 1 aromatic rings. The number of carbonyl (C=O) groups excluding carboxylic acids is 2. The van der Waals surface area contributed by atoms with Gasteiger partial charge in [-0.2, -0.15) is 0 Å². The normalized spacial score (nSPS) is 21.6. The first-order valence-electron chi connectivity index (χ1n) is 8.64. The standard InChI is InChI=1S/C15H22N5O8PS/c1-5-27-29(25,26)20-7(2)9(12(20)22)18-11(21)10(8-6-30-14(16)17-8)19-28-15(3,4)13(23)24/h6-7,9H,5H2,1-4H3,(H2,16,17)(H,18,21)(H,23,24)(H,25,26)/b19-10+. The highest BCUT2D eigenvalue weighted by Gasteiger charge is 2.54. The van der Waals surface area contributed by atoms with Crippen LogP contribution >= 0.6 is 19.1 Å². The lowest BCUT2D eigenvalue weighted by molar-refractivity contribution is -0.161. The lowest BCUT2D eigenvalue weighted by atomic mass is 10.0. The number of anilines is 1. The first-order chi connectivity index (χ1) is 13.8. The van der Waals surface area contributed by atoms with E-state index in [9.17, 15) is 23.8 Å². The van der Waals surface area contributed by atoms with E-state index in [1.807, 2.05) is 0 Å². The van der Waals surface area contributed by atoms with Crippen LogP contribution in [0.25, 0.3) is 0 Å². The minimum atomic E-state index is -4.33. The number of carbonyl (C=O) groups is 3. The molecule has 1 aromatic heterocycles. The lowest BCUT2D eigenvalue weighted by Crippen LogP contribution is -2.68. The molecule has 0 spiro atoms. The number of carboxylic acids is 1. The maximum atomic E-state index is 12.7. The summed E-state index contributed by atoms with van der Waals surface area (Å²) < 4.78 is 17.5. The molecule has 0 saturated carbocycles. The van der Waals surface area contributed by atoms with Crippen LogP contribution in [0.3, 0.4) is 0 Å². The van der Waals surface area contributed by atoms with Gasteiger partial charge in [-0.15, -0.1) is 11.3 Å². The third-order valence-electron chi connectivity index (χ3n) is 4.08. The number of aliphatic carboxylic acids is 1. The number of nitrogen functional groups attached to an aromatic ring is 1. The zero-order valence-corrected chi connectivity index (χ0v) is 18.3. The average Bonchev–Trinajstić information content (AvgIpc) is 3.05. The first-order valence-corrected chi connectivity index (χ1v) is 11.1. The molecule has 0 aromatic carbocycles. The van der Waals surface area contributed by atoms with E-state index in [-0.39, 0.29) is 17.4 Å². The lowest BCUT2D eigenvalue weighted by Gasteiger charge is -2.45. The summed E-state index contributed by atoms with van der Waals surface area (Å²) in [4.78, 5) is 55.0. The summed E-state index contributed by atoms with van der Waals surface area (Å²) in [5, 5.41) is 16.7. The van der Waals surface area contributed by atoms with E-state index < -0.39 is 48.9 Å². The molecule has 13 nitrogen and oxygen atoms in total. The summed E-state index contributed by atoms with van der Waals surface area (Å²) in [5.41, 5.74) is 3.43. The number of nitrogens with zero attached hydrogens (tertiary/aromatic N) is 3. The molecule has 1 fully saturated rings. The van der Waals surface area contributed by atoms with Crippen molar-refractivity contribution in [3.63, 3.8) is 0 Å². The molecule has 30 heavy (non-hydrogen) atoms. The van der Waals surface area contributed by atoms with Gasteiger partial charge in [-0.1, -0.05) is 5.16 Å². The van der Waals surface area contributed by atoms with Gasteiger partial charge in [0.2, 0.25) is 5.60 Å². The van der Waals surface area contributed by atoms with Crippen molar-refractivity contribution in [1.29, 1.82) is 0 Å². The molecule has 2 amide bonds. The number of hydrogen-bond donors (Lipinski definition) is 4. The molecule has 3 atom stereocenters. The topological polar surface area (TPSA) is 194 Å². The Bertz CT molecular complexity index is 932. The Balaban J connectivity index is 2.23. The van der Waals surface area contributed by atoms with Gasteiger partial charge < -0.3 is 25.9 Å². The predicted octanol–water partition coefficient (Wildman–Crippen LogP) is 0.162. The number of carboxylic acid groups (broad SMARTS) is 1. The molecule has 166 valence electrons. The number of aromatic nitrogens is 1. The van der Waals surface area contributed by atoms with Crippen molar-refractivity contribution in [1.82, 2.24) is 15.0 Å². The van der Waals surface area contributed by atoms with Crippen molar-refractivity contribution in [3.8, 4) is 0 Å². The number of amides is 2. The second-order valence-electron chi connectivity index (χ2n) is 6.70. The van der Waals surface area contributed by atoms with Crippen LogP contribution in [0, 0.1) is 0 Å². The number of nitrogens with one attached hydrogen (secondary N) is 1. The fraction of sp³-hybridized carbons (Fsp3) is 0.533. The fourth-order valence-electron chi connectivity index (χ4n) is 2.39. The SMILES string of the molecule is CCOP(=O)(O)N1C(=O)C(NC(=O)/C(=N/OC(C)(C)C(=O)O)c2csc(N)n2)C1C. The van der Waals surface area contributed by atoms with Crippen molar-refractivity contribution >= 4 is 47.7 Å². The number of oxime groups is 1. The summed E-state index contributed by atoms with van der Waals surface area (Å²) in [6.07, 6.45) is 0. The highest BCUT2D eigenvalue weighted by molar-refractivity contribution is 7.51. The van der Waals surface area contributed by atoms with Gasteiger partial charge in [-0.3, -0.25) is 14.1 Å². The second-order valence-corrected chi connectivity index (χ2v) is 9.26. The molecule has 5 N–H and O–H groups in total. The number of rotatable bonds is 9. The summed E-state index contributed by atoms with van der Waals surface area (Å²) >= 11 is 1.01. The predicted molar refractivity (Wildman–Crippen MR) is 106 cm³/mol. The molecule has 2 heterocycles. The van der Waals surface area contributed by atoms with E-state index in [0.29, 0.717) is 4.67 Å². The summed E-state index contributed by atoms with van der Waals surface area (Å²) in [6.45, 7) is 5.32. The van der Waals surface area contributed by atoms with Crippen molar-refractivity contribution in [2.75, 3.05) is 12.3 Å². The fourth-order valence-corrected chi connectivity index (χ4v) is 4.36. The van der Waals surface area contributed by atoms with Gasteiger partial charge in [0.05, 0.1) is 12.6 Å². The van der Waals surface area contributed by atoms with Gasteiger partial charge in [-0.05, 0) is 27.7 Å². The van der Waals surface area contributed by atoms with Crippen LogP contribution in [-0.2, 0) is 28.3 Å². The molecular weight excluding hydrogens is 441 g/mol. The molecule has 0 bridgehead atoms.